The van der Waals surface area contributed by atoms with Gasteiger partial charge >= 0.3 is 0 Å². The van der Waals surface area contributed by atoms with E-state index >= 15 is 0 Å². The van der Waals surface area contributed by atoms with Crippen molar-refractivity contribution in [1.29, 1.82) is 0 Å². The Labute approximate surface area is 224 Å². The Hall–Kier alpha value is -4.08. The summed E-state index contributed by atoms with van der Waals surface area (Å²) in [5.74, 6) is 1.33. The number of fused-ring (bicyclic) bond motifs is 1. The molecule has 0 aliphatic carbocycles. The second-order valence-electron chi connectivity index (χ2n) is 8.45. The lowest BCUT2D eigenvalue weighted by Crippen LogP contribution is -2.23. The van der Waals surface area contributed by atoms with Gasteiger partial charge in [-0.05, 0) is 61.0 Å². The zero-order chi connectivity index (χ0) is 25.5. The van der Waals surface area contributed by atoms with Crippen LogP contribution in [-0.2, 0) is 0 Å². The number of para-hydroxylation sites is 1. The Balaban J connectivity index is 1.48. The molecule has 0 bridgehead atoms. The van der Waals surface area contributed by atoms with Crippen LogP contribution >= 0.6 is 27.3 Å². The summed E-state index contributed by atoms with van der Waals surface area (Å²) in [6.07, 6.45) is 3.80. The predicted octanol–water partition coefficient (Wildman–Crippen LogP) is 5.30. The van der Waals surface area contributed by atoms with Crippen LogP contribution < -0.4 is 14.8 Å². The van der Waals surface area contributed by atoms with Crippen LogP contribution in [0, 0.1) is 6.92 Å². The van der Waals surface area contributed by atoms with Crippen LogP contribution in [0.1, 0.15) is 11.1 Å². The molecule has 3 heterocycles. The largest absolute Gasteiger partial charge is 0.496 e. The van der Waals surface area contributed by atoms with Crippen molar-refractivity contribution in [3.05, 3.63) is 109 Å². The number of methoxy groups -OCH3 is 1. The van der Waals surface area contributed by atoms with E-state index in [0.29, 0.717) is 15.3 Å². The topological polar surface area (TPSA) is 74.3 Å². The Kier molecular flexibility index (Phi) is 5.94. The summed E-state index contributed by atoms with van der Waals surface area (Å²) in [4.78, 5) is 18.4. The second-order valence-corrected chi connectivity index (χ2v) is 10.4. The highest BCUT2D eigenvalue weighted by Gasteiger charge is 2.16. The lowest BCUT2D eigenvalue weighted by molar-refractivity contribution is 0.412. The maximum absolute atomic E-state index is 13.3. The van der Waals surface area contributed by atoms with Gasteiger partial charge in [0.1, 0.15) is 11.4 Å². The fraction of sp³-hybridized carbons (Fsp3) is 0.0714. The quantitative estimate of drug-likeness (QED) is 0.282. The van der Waals surface area contributed by atoms with E-state index in [2.05, 4.69) is 26.0 Å². The first-order chi connectivity index (χ1) is 18.0. The normalized spacial score (nSPS) is 11.9. The molecule has 3 aromatic heterocycles. The SMILES string of the molecule is COc1ccc(-c2nn(-c3ccccc3)cc2C=c2sc3nc(-c4ccc(Br)cc4)nn3c2=O)cc1C. The summed E-state index contributed by atoms with van der Waals surface area (Å²) >= 11 is 4.75. The van der Waals surface area contributed by atoms with Crippen LogP contribution in [0.5, 0.6) is 5.75 Å². The van der Waals surface area contributed by atoms with Gasteiger partial charge in [-0.1, -0.05) is 57.6 Å². The lowest BCUT2D eigenvalue weighted by Gasteiger charge is -2.06. The van der Waals surface area contributed by atoms with Crippen LogP contribution in [-0.4, -0.2) is 31.5 Å². The van der Waals surface area contributed by atoms with Crippen LogP contribution in [0.3, 0.4) is 0 Å². The molecule has 0 amide bonds. The first-order valence-electron chi connectivity index (χ1n) is 11.5. The van der Waals surface area contributed by atoms with Crippen LogP contribution in [0.4, 0.5) is 0 Å². The molecule has 0 fully saturated rings. The van der Waals surface area contributed by atoms with Crippen LogP contribution in [0.15, 0.2) is 88.3 Å². The van der Waals surface area contributed by atoms with E-state index < -0.39 is 0 Å². The van der Waals surface area contributed by atoms with Gasteiger partial charge in [-0.25, -0.2) is 4.68 Å². The maximum Gasteiger partial charge on any atom is 0.291 e. The third-order valence-corrected chi connectivity index (χ3v) is 7.49. The van der Waals surface area contributed by atoms with Gasteiger partial charge in [0, 0.05) is 27.4 Å². The van der Waals surface area contributed by atoms with E-state index in [4.69, 9.17) is 9.84 Å². The molecule has 0 saturated carbocycles. The molecule has 0 radical (unpaired) electrons. The number of hydrogen-bond donors (Lipinski definition) is 0. The highest BCUT2D eigenvalue weighted by Crippen LogP contribution is 2.29. The Morgan fingerprint density at radius 2 is 1.73 bits per heavy atom. The summed E-state index contributed by atoms with van der Waals surface area (Å²) in [5.41, 5.74) is 5.10. The molecule has 182 valence electrons. The molecular weight excluding hydrogens is 550 g/mol. The number of aryl methyl sites for hydroxylation is 1. The minimum Gasteiger partial charge on any atom is -0.496 e. The number of benzene rings is 3. The minimum atomic E-state index is -0.208. The van der Waals surface area contributed by atoms with Crippen molar-refractivity contribution in [2.24, 2.45) is 0 Å². The number of nitrogens with zero attached hydrogens (tertiary/aromatic N) is 5. The van der Waals surface area contributed by atoms with Crippen LogP contribution in [0.2, 0.25) is 0 Å². The molecular formula is C28H20BrN5O2S. The van der Waals surface area contributed by atoms with Gasteiger partial charge in [-0.2, -0.15) is 14.6 Å². The summed E-state index contributed by atoms with van der Waals surface area (Å²) in [5, 5.41) is 9.35. The van der Waals surface area contributed by atoms with E-state index in [1.165, 1.54) is 15.9 Å². The van der Waals surface area contributed by atoms with Crippen molar-refractivity contribution in [1.82, 2.24) is 24.4 Å². The van der Waals surface area contributed by atoms with Crippen molar-refractivity contribution in [2.75, 3.05) is 7.11 Å². The number of aromatic nitrogens is 5. The first-order valence-corrected chi connectivity index (χ1v) is 13.1. The molecule has 6 rings (SSSR count). The summed E-state index contributed by atoms with van der Waals surface area (Å²) in [6, 6.07) is 23.5. The van der Waals surface area contributed by atoms with Gasteiger partial charge in [0.25, 0.3) is 5.56 Å². The molecule has 37 heavy (non-hydrogen) atoms. The van der Waals surface area contributed by atoms with Gasteiger partial charge in [-0.3, -0.25) is 4.79 Å². The molecule has 6 aromatic rings. The predicted molar refractivity (Wildman–Crippen MR) is 149 cm³/mol. The average molecular weight is 570 g/mol. The number of rotatable bonds is 5. The van der Waals surface area contributed by atoms with Crippen molar-refractivity contribution in [3.63, 3.8) is 0 Å². The van der Waals surface area contributed by atoms with E-state index in [9.17, 15) is 4.79 Å². The van der Waals surface area contributed by atoms with Gasteiger partial charge in [0.2, 0.25) is 4.96 Å². The van der Waals surface area contributed by atoms with Crippen molar-refractivity contribution >= 4 is 38.3 Å². The number of thiazole rings is 1. The standard InChI is InChI=1S/C28H20BrN5O2S/c1-17-14-19(10-13-23(17)36-2)25-20(16-33(31-25)22-6-4-3-5-7-22)15-24-27(35)34-28(37-24)30-26(32-34)18-8-11-21(29)12-9-18/h3-16H,1-2H3. The Morgan fingerprint density at radius 3 is 2.43 bits per heavy atom. The number of halogens is 1. The third-order valence-electron chi connectivity index (χ3n) is 6.00. The average Bonchev–Trinajstić information content (AvgIpc) is 3.60. The number of hydrogen-bond acceptors (Lipinski definition) is 6. The molecule has 7 nitrogen and oxygen atoms in total. The molecule has 0 unspecified atom stereocenters. The molecule has 0 spiro atoms. The molecule has 0 aliphatic heterocycles. The maximum atomic E-state index is 13.3. The van der Waals surface area contributed by atoms with Gasteiger partial charge in [-0.15, -0.1) is 5.10 Å². The monoisotopic (exact) mass is 569 g/mol. The molecule has 0 saturated heterocycles. The van der Waals surface area contributed by atoms with Gasteiger partial charge in [0.05, 0.1) is 17.3 Å². The second kappa shape index (κ2) is 9.42. The highest BCUT2D eigenvalue weighted by molar-refractivity contribution is 9.10. The zero-order valence-corrected chi connectivity index (χ0v) is 22.3. The summed E-state index contributed by atoms with van der Waals surface area (Å²) in [6.45, 7) is 2.00. The van der Waals surface area contributed by atoms with E-state index in [-0.39, 0.29) is 5.56 Å². The van der Waals surface area contributed by atoms with E-state index in [1.807, 2.05) is 96.7 Å². The summed E-state index contributed by atoms with van der Waals surface area (Å²) in [7, 11) is 1.66. The molecule has 9 heteroatoms. The minimum absolute atomic E-state index is 0.208. The van der Waals surface area contributed by atoms with Crippen molar-refractivity contribution in [2.45, 2.75) is 6.92 Å². The van der Waals surface area contributed by atoms with Crippen LogP contribution in [0.25, 0.3) is 39.4 Å². The highest BCUT2D eigenvalue weighted by atomic mass is 79.9. The first kappa shape index (κ1) is 23.3. The third kappa shape index (κ3) is 4.36. The Bertz CT molecular complexity index is 1860. The zero-order valence-electron chi connectivity index (χ0n) is 19.9. The van der Waals surface area contributed by atoms with E-state index in [1.54, 1.807) is 7.11 Å². The number of ether oxygens (including phenoxy) is 1. The molecule has 0 N–H and O–H groups in total. The van der Waals surface area contributed by atoms with Gasteiger partial charge < -0.3 is 4.74 Å². The van der Waals surface area contributed by atoms with Crippen molar-refractivity contribution < 1.29 is 4.74 Å². The Morgan fingerprint density at radius 1 is 0.973 bits per heavy atom. The van der Waals surface area contributed by atoms with E-state index in [0.717, 1.165) is 43.9 Å². The lowest BCUT2D eigenvalue weighted by atomic mass is 10.0. The fourth-order valence-electron chi connectivity index (χ4n) is 4.15. The molecule has 0 aliphatic rings. The van der Waals surface area contributed by atoms with Gasteiger partial charge in [0.15, 0.2) is 5.82 Å². The fourth-order valence-corrected chi connectivity index (χ4v) is 5.32. The molecule has 0 atom stereocenters. The van der Waals surface area contributed by atoms with Crippen molar-refractivity contribution in [3.8, 4) is 34.1 Å². The summed E-state index contributed by atoms with van der Waals surface area (Å²) < 4.78 is 10.1. The molecule has 3 aromatic carbocycles. The smallest absolute Gasteiger partial charge is 0.291 e.